The number of benzene rings is 2. The van der Waals surface area contributed by atoms with Crippen molar-refractivity contribution in [3.8, 4) is 0 Å². The minimum Gasteiger partial charge on any atom is -0.348 e. The predicted octanol–water partition coefficient (Wildman–Crippen LogP) is 5.08. The SMILES string of the molecule is O=C(NCc1cccnc1)c1cccc([C@H]2CCCN(C(=O)Nc3ccc(Cl)cc3)C2)c1. The molecule has 2 heterocycles. The number of piperidine rings is 1. The maximum absolute atomic E-state index is 12.7. The Morgan fingerprint density at radius 2 is 1.94 bits per heavy atom. The van der Waals surface area contributed by atoms with Crippen molar-refractivity contribution in [2.75, 3.05) is 18.4 Å². The molecule has 1 aliphatic heterocycles. The van der Waals surface area contributed by atoms with Crippen LogP contribution in [0.5, 0.6) is 0 Å². The van der Waals surface area contributed by atoms with Crippen LogP contribution in [0.25, 0.3) is 0 Å². The summed E-state index contributed by atoms with van der Waals surface area (Å²) < 4.78 is 0. The molecule has 6 nitrogen and oxygen atoms in total. The molecule has 0 radical (unpaired) electrons. The van der Waals surface area contributed by atoms with E-state index in [9.17, 15) is 9.59 Å². The molecule has 0 unspecified atom stereocenters. The highest BCUT2D eigenvalue weighted by Gasteiger charge is 2.25. The second kappa shape index (κ2) is 10.3. The molecule has 7 heteroatoms. The zero-order chi connectivity index (χ0) is 22.3. The number of aromatic nitrogens is 1. The lowest BCUT2D eigenvalue weighted by molar-refractivity contribution is 0.0950. The summed E-state index contributed by atoms with van der Waals surface area (Å²) in [6.07, 6.45) is 5.34. The fourth-order valence-corrected chi connectivity index (χ4v) is 4.02. The maximum Gasteiger partial charge on any atom is 0.321 e. The molecule has 0 bridgehead atoms. The van der Waals surface area contributed by atoms with E-state index in [2.05, 4.69) is 15.6 Å². The zero-order valence-electron chi connectivity index (χ0n) is 17.6. The number of nitrogens with zero attached hydrogens (tertiary/aromatic N) is 2. The van der Waals surface area contributed by atoms with Crippen LogP contribution in [-0.2, 0) is 6.54 Å². The Hall–Kier alpha value is -3.38. The number of carbonyl (C=O) groups is 2. The Morgan fingerprint density at radius 1 is 1.09 bits per heavy atom. The highest BCUT2D eigenvalue weighted by atomic mass is 35.5. The molecule has 0 aliphatic carbocycles. The van der Waals surface area contributed by atoms with Gasteiger partial charge >= 0.3 is 6.03 Å². The first kappa shape index (κ1) is 21.8. The summed E-state index contributed by atoms with van der Waals surface area (Å²) in [6.45, 7) is 1.75. The summed E-state index contributed by atoms with van der Waals surface area (Å²) >= 11 is 5.92. The van der Waals surface area contributed by atoms with Gasteiger partial charge in [-0.25, -0.2) is 4.79 Å². The molecule has 1 aliphatic rings. The average molecular weight is 449 g/mol. The summed E-state index contributed by atoms with van der Waals surface area (Å²) in [7, 11) is 0. The van der Waals surface area contributed by atoms with Crippen LogP contribution in [0.2, 0.25) is 5.02 Å². The first-order chi connectivity index (χ1) is 15.6. The lowest BCUT2D eigenvalue weighted by Gasteiger charge is -2.33. The van der Waals surface area contributed by atoms with Crippen molar-refractivity contribution < 1.29 is 9.59 Å². The standard InChI is InChI=1S/C25H25ClN4O2/c26-22-8-10-23(11-9-22)29-25(32)30-13-3-7-21(17-30)19-5-1-6-20(14-19)24(31)28-16-18-4-2-12-27-15-18/h1-2,4-6,8-12,14-15,21H,3,7,13,16-17H2,(H,28,31)(H,29,32)/t21-/m0/s1. The minimum absolute atomic E-state index is 0.121. The molecule has 2 N–H and O–H groups in total. The fraction of sp³-hybridized carbons (Fsp3) is 0.240. The predicted molar refractivity (Wildman–Crippen MR) is 126 cm³/mol. The Kier molecular flexibility index (Phi) is 7.02. The van der Waals surface area contributed by atoms with Crippen LogP contribution in [0.4, 0.5) is 10.5 Å². The molecule has 3 amide bonds. The average Bonchev–Trinajstić information content (AvgIpc) is 2.85. The molecule has 32 heavy (non-hydrogen) atoms. The van der Waals surface area contributed by atoms with Gasteiger partial charge in [-0.1, -0.05) is 29.8 Å². The molecular formula is C25H25ClN4O2. The van der Waals surface area contributed by atoms with Gasteiger partial charge in [-0.3, -0.25) is 9.78 Å². The van der Waals surface area contributed by atoms with Crippen molar-refractivity contribution in [2.45, 2.75) is 25.3 Å². The van der Waals surface area contributed by atoms with Crippen molar-refractivity contribution in [1.82, 2.24) is 15.2 Å². The van der Waals surface area contributed by atoms with Crippen LogP contribution in [0.15, 0.2) is 73.1 Å². The fourth-order valence-electron chi connectivity index (χ4n) is 3.89. The van der Waals surface area contributed by atoms with Crippen LogP contribution in [0.3, 0.4) is 0 Å². The molecule has 1 atom stereocenters. The van der Waals surface area contributed by atoms with Crippen LogP contribution in [0, 0.1) is 0 Å². The zero-order valence-corrected chi connectivity index (χ0v) is 18.4. The van der Waals surface area contributed by atoms with E-state index in [0.717, 1.165) is 24.0 Å². The van der Waals surface area contributed by atoms with E-state index in [-0.39, 0.29) is 17.9 Å². The number of likely N-dealkylation sites (tertiary alicyclic amines) is 1. The molecule has 0 saturated carbocycles. The van der Waals surface area contributed by atoms with Crippen molar-refractivity contribution >= 4 is 29.2 Å². The van der Waals surface area contributed by atoms with Crippen molar-refractivity contribution in [2.24, 2.45) is 0 Å². The van der Waals surface area contributed by atoms with Crippen LogP contribution >= 0.6 is 11.6 Å². The third-order valence-corrected chi connectivity index (χ3v) is 5.85. The molecule has 2 aromatic carbocycles. The quantitative estimate of drug-likeness (QED) is 0.571. The number of carbonyl (C=O) groups excluding carboxylic acids is 2. The van der Waals surface area contributed by atoms with Gasteiger partial charge in [0, 0.05) is 54.2 Å². The van der Waals surface area contributed by atoms with Crippen LogP contribution in [-0.4, -0.2) is 34.9 Å². The Labute approximate surface area is 192 Å². The Bertz CT molecular complexity index is 1070. The summed E-state index contributed by atoms with van der Waals surface area (Å²) in [4.78, 5) is 31.3. The summed E-state index contributed by atoms with van der Waals surface area (Å²) in [5, 5.41) is 6.50. The highest BCUT2D eigenvalue weighted by molar-refractivity contribution is 6.30. The van der Waals surface area contributed by atoms with Crippen LogP contribution in [0.1, 0.15) is 40.2 Å². The van der Waals surface area contributed by atoms with Crippen LogP contribution < -0.4 is 10.6 Å². The van der Waals surface area contributed by atoms with E-state index in [1.54, 1.807) is 36.7 Å². The van der Waals surface area contributed by atoms with Crippen molar-refractivity contribution in [1.29, 1.82) is 0 Å². The van der Waals surface area contributed by atoms with E-state index in [4.69, 9.17) is 11.6 Å². The number of pyridine rings is 1. The molecule has 3 aromatic rings. The number of amides is 3. The van der Waals surface area contributed by atoms with Gasteiger partial charge in [0.1, 0.15) is 0 Å². The van der Waals surface area contributed by atoms with E-state index in [1.165, 1.54) is 0 Å². The molecule has 0 spiro atoms. The Morgan fingerprint density at radius 3 is 2.72 bits per heavy atom. The number of hydrogen-bond donors (Lipinski definition) is 2. The van der Waals surface area contributed by atoms with Gasteiger partial charge in [-0.2, -0.15) is 0 Å². The first-order valence-electron chi connectivity index (χ1n) is 10.7. The second-order valence-electron chi connectivity index (χ2n) is 7.89. The van der Waals surface area contributed by atoms with Gasteiger partial charge in [0.2, 0.25) is 0 Å². The van der Waals surface area contributed by atoms with Gasteiger partial charge < -0.3 is 15.5 Å². The summed E-state index contributed by atoms with van der Waals surface area (Å²) in [5.41, 5.74) is 3.36. The first-order valence-corrected chi connectivity index (χ1v) is 11.0. The molecule has 4 rings (SSSR count). The Balaban J connectivity index is 1.38. The third-order valence-electron chi connectivity index (χ3n) is 5.60. The van der Waals surface area contributed by atoms with Gasteiger partial charge in [-0.15, -0.1) is 0 Å². The lowest BCUT2D eigenvalue weighted by Crippen LogP contribution is -2.41. The van der Waals surface area contributed by atoms with Gasteiger partial charge in [0.15, 0.2) is 0 Å². The monoisotopic (exact) mass is 448 g/mol. The lowest BCUT2D eigenvalue weighted by atomic mass is 9.89. The number of halogens is 1. The largest absolute Gasteiger partial charge is 0.348 e. The van der Waals surface area contributed by atoms with E-state index in [0.29, 0.717) is 35.9 Å². The molecular weight excluding hydrogens is 424 g/mol. The molecule has 1 aromatic heterocycles. The third kappa shape index (κ3) is 5.65. The van der Waals surface area contributed by atoms with Crippen molar-refractivity contribution in [3.63, 3.8) is 0 Å². The molecule has 1 saturated heterocycles. The number of rotatable bonds is 5. The second-order valence-corrected chi connectivity index (χ2v) is 8.33. The number of urea groups is 1. The number of nitrogens with one attached hydrogen (secondary N) is 2. The topological polar surface area (TPSA) is 74.3 Å². The van der Waals surface area contributed by atoms with Crippen molar-refractivity contribution in [3.05, 3.63) is 94.8 Å². The highest BCUT2D eigenvalue weighted by Crippen LogP contribution is 2.28. The number of hydrogen-bond acceptors (Lipinski definition) is 3. The summed E-state index contributed by atoms with van der Waals surface area (Å²) in [6, 6.07) is 18.4. The minimum atomic E-state index is -0.123. The smallest absolute Gasteiger partial charge is 0.321 e. The molecule has 1 fully saturated rings. The maximum atomic E-state index is 12.7. The van der Waals surface area contributed by atoms with E-state index < -0.39 is 0 Å². The normalized spacial score (nSPS) is 15.8. The van der Waals surface area contributed by atoms with Gasteiger partial charge in [-0.05, 0) is 66.4 Å². The molecule has 164 valence electrons. The van der Waals surface area contributed by atoms with Gasteiger partial charge in [0.25, 0.3) is 5.91 Å². The van der Waals surface area contributed by atoms with Gasteiger partial charge in [0.05, 0.1) is 0 Å². The van der Waals surface area contributed by atoms with E-state index in [1.807, 2.05) is 41.3 Å². The van der Waals surface area contributed by atoms with E-state index >= 15 is 0 Å². The summed E-state index contributed by atoms with van der Waals surface area (Å²) in [5.74, 6) is 0.0645. The number of anilines is 1.